The van der Waals surface area contributed by atoms with Gasteiger partial charge in [0.15, 0.2) is 0 Å². The number of fused-ring (bicyclic) bond motifs is 1. The van der Waals surface area contributed by atoms with Crippen LogP contribution in [0.1, 0.15) is 61.1 Å². The Labute approximate surface area is 152 Å². The van der Waals surface area contributed by atoms with E-state index in [4.69, 9.17) is 4.42 Å². The Bertz CT molecular complexity index is 852. The Morgan fingerprint density at radius 3 is 2.92 bits per heavy atom. The van der Waals surface area contributed by atoms with Crippen LogP contribution in [-0.2, 0) is 23.7 Å². The van der Waals surface area contributed by atoms with Gasteiger partial charge in [0.05, 0.1) is 17.5 Å². The van der Waals surface area contributed by atoms with Crippen molar-refractivity contribution >= 4 is 5.91 Å². The fourth-order valence-corrected chi connectivity index (χ4v) is 4.86. The summed E-state index contributed by atoms with van der Waals surface area (Å²) in [4.78, 5) is 14.9. The monoisotopic (exact) mass is 355 g/mol. The number of carbonyl (C=O) groups is 1. The van der Waals surface area contributed by atoms with E-state index in [0.29, 0.717) is 24.8 Å². The fourth-order valence-electron chi connectivity index (χ4n) is 4.86. The molecule has 0 spiro atoms. The number of amides is 1. The van der Waals surface area contributed by atoms with Crippen molar-refractivity contribution < 1.29 is 9.21 Å². The molecule has 2 saturated carbocycles. The normalized spacial score (nSPS) is 27.9. The van der Waals surface area contributed by atoms with Gasteiger partial charge in [-0.25, -0.2) is 0 Å². The molecule has 2 aliphatic carbocycles. The molecule has 0 aromatic carbocycles. The zero-order chi connectivity index (χ0) is 17.9. The summed E-state index contributed by atoms with van der Waals surface area (Å²) in [5, 5.41) is 13.1. The molecule has 26 heavy (non-hydrogen) atoms. The van der Waals surface area contributed by atoms with E-state index >= 15 is 0 Å². The van der Waals surface area contributed by atoms with Crippen molar-refractivity contribution in [2.45, 2.75) is 56.8 Å². The van der Waals surface area contributed by atoms with Gasteiger partial charge in [0.1, 0.15) is 0 Å². The van der Waals surface area contributed by atoms with E-state index < -0.39 is 0 Å². The molecule has 3 fully saturated rings. The first-order chi connectivity index (χ1) is 12.5. The second-order valence-electron chi connectivity index (χ2n) is 8.33. The molecule has 2 aromatic rings. The second-order valence-corrected chi connectivity index (χ2v) is 8.33. The van der Waals surface area contributed by atoms with Gasteiger partial charge in [-0.05, 0) is 38.5 Å². The highest BCUT2D eigenvalue weighted by atomic mass is 16.4. The van der Waals surface area contributed by atoms with Gasteiger partial charge in [0.25, 0.3) is 0 Å². The van der Waals surface area contributed by atoms with Crippen molar-refractivity contribution in [2.75, 3.05) is 13.1 Å². The molecule has 3 aliphatic rings. The number of hydrogen-bond acceptors (Lipinski definition) is 5. The summed E-state index contributed by atoms with van der Waals surface area (Å²) in [7, 11) is 1.89. The standard InChI is InChI=1S/C19H25N5O2/c1-12-14(9-23(2)22-12)8-16(25)24-10-15-4-3-7-19(15,11-24)18-21-20-17(26-18)13-5-6-13/h9,13,15H,3-8,10-11H2,1-2H3/t15-,19-/m0/s1. The first-order valence-corrected chi connectivity index (χ1v) is 9.66. The molecular formula is C19H25N5O2. The zero-order valence-corrected chi connectivity index (χ0v) is 15.4. The van der Waals surface area contributed by atoms with Crippen LogP contribution in [0.3, 0.4) is 0 Å². The first kappa shape index (κ1) is 16.0. The average Bonchev–Trinajstić information content (AvgIpc) is 2.95. The molecule has 7 heteroatoms. The third-order valence-corrected chi connectivity index (χ3v) is 6.47. The predicted molar refractivity (Wildman–Crippen MR) is 93.5 cm³/mol. The molecule has 3 heterocycles. The minimum Gasteiger partial charge on any atom is -0.424 e. The van der Waals surface area contributed by atoms with Gasteiger partial charge in [-0.3, -0.25) is 9.48 Å². The van der Waals surface area contributed by atoms with Gasteiger partial charge in [0.2, 0.25) is 17.7 Å². The zero-order valence-electron chi connectivity index (χ0n) is 15.4. The van der Waals surface area contributed by atoms with Crippen molar-refractivity contribution in [1.29, 1.82) is 0 Å². The van der Waals surface area contributed by atoms with Crippen LogP contribution in [0.4, 0.5) is 0 Å². The molecule has 1 aliphatic heterocycles. The maximum Gasteiger partial charge on any atom is 0.227 e. The van der Waals surface area contributed by atoms with Gasteiger partial charge in [-0.1, -0.05) is 6.42 Å². The summed E-state index contributed by atoms with van der Waals surface area (Å²) < 4.78 is 7.87. The van der Waals surface area contributed by atoms with Gasteiger partial charge < -0.3 is 9.32 Å². The Hall–Kier alpha value is -2.18. The molecular weight excluding hydrogens is 330 g/mol. The van der Waals surface area contributed by atoms with E-state index in [1.54, 1.807) is 4.68 Å². The second kappa shape index (κ2) is 5.66. The van der Waals surface area contributed by atoms with Crippen LogP contribution in [0.2, 0.25) is 0 Å². The number of aromatic nitrogens is 4. The maximum absolute atomic E-state index is 12.9. The Morgan fingerprint density at radius 2 is 2.19 bits per heavy atom. The van der Waals surface area contributed by atoms with Crippen molar-refractivity contribution in [3.05, 3.63) is 29.2 Å². The Morgan fingerprint density at radius 1 is 1.35 bits per heavy atom. The van der Waals surface area contributed by atoms with Crippen LogP contribution >= 0.6 is 0 Å². The minimum atomic E-state index is -0.125. The van der Waals surface area contributed by atoms with E-state index in [-0.39, 0.29) is 11.3 Å². The Kier molecular flexibility index (Phi) is 3.49. The highest BCUT2D eigenvalue weighted by Gasteiger charge is 2.55. The summed E-state index contributed by atoms with van der Waals surface area (Å²) in [6, 6.07) is 0. The smallest absolute Gasteiger partial charge is 0.227 e. The summed E-state index contributed by atoms with van der Waals surface area (Å²) in [6.45, 7) is 3.47. The van der Waals surface area contributed by atoms with E-state index in [9.17, 15) is 4.79 Å². The van der Waals surface area contributed by atoms with Gasteiger partial charge in [0, 0.05) is 37.8 Å². The fraction of sp³-hybridized carbons (Fsp3) is 0.684. The lowest BCUT2D eigenvalue weighted by molar-refractivity contribution is -0.129. The van der Waals surface area contributed by atoms with E-state index in [1.165, 1.54) is 6.42 Å². The lowest BCUT2D eigenvalue weighted by atomic mass is 9.80. The SMILES string of the molecule is Cc1nn(C)cc1CC(=O)N1C[C@@H]2CCC[C@]2(c2nnc(C3CC3)o2)C1. The van der Waals surface area contributed by atoms with E-state index in [1.807, 2.05) is 25.1 Å². The maximum atomic E-state index is 12.9. The number of rotatable bonds is 4. The minimum absolute atomic E-state index is 0.125. The summed E-state index contributed by atoms with van der Waals surface area (Å²) in [5.74, 6) is 2.66. The lowest BCUT2D eigenvalue weighted by Gasteiger charge is -2.24. The summed E-state index contributed by atoms with van der Waals surface area (Å²) in [6.07, 6.45) is 8.03. The first-order valence-electron chi connectivity index (χ1n) is 9.66. The molecule has 2 aromatic heterocycles. The molecule has 0 unspecified atom stereocenters. The Balaban J connectivity index is 1.36. The lowest BCUT2D eigenvalue weighted by Crippen LogP contribution is -2.35. The van der Waals surface area contributed by atoms with Crippen LogP contribution in [0.5, 0.6) is 0 Å². The van der Waals surface area contributed by atoms with Crippen LogP contribution in [0.15, 0.2) is 10.6 Å². The quantitative estimate of drug-likeness (QED) is 0.839. The van der Waals surface area contributed by atoms with E-state index in [0.717, 1.165) is 55.3 Å². The van der Waals surface area contributed by atoms with Crippen LogP contribution in [0.25, 0.3) is 0 Å². The van der Waals surface area contributed by atoms with Crippen molar-refractivity contribution in [2.24, 2.45) is 13.0 Å². The predicted octanol–water partition coefficient (Wildman–Crippen LogP) is 2.11. The van der Waals surface area contributed by atoms with Crippen LogP contribution in [-0.4, -0.2) is 43.9 Å². The average molecular weight is 355 g/mol. The molecule has 138 valence electrons. The van der Waals surface area contributed by atoms with Crippen LogP contribution < -0.4 is 0 Å². The van der Waals surface area contributed by atoms with E-state index in [2.05, 4.69) is 15.3 Å². The molecule has 0 radical (unpaired) electrons. The number of hydrogen-bond donors (Lipinski definition) is 0. The number of nitrogens with zero attached hydrogens (tertiary/aromatic N) is 5. The summed E-state index contributed by atoms with van der Waals surface area (Å²) in [5.41, 5.74) is 1.82. The van der Waals surface area contributed by atoms with Crippen molar-refractivity contribution in [3.8, 4) is 0 Å². The van der Waals surface area contributed by atoms with Gasteiger partial charge in [-0.2, -0.15) is 5.10 Å². The number of carbonyl (C=O) groups excluding carboxylic acids is 1. The molecule has 0 bridgehead atoms. The largest absolute Gasteiger partial charge is 0.424 e. The van der Waals surface area contributed by atoms with Crippen molar-refractivity contribution in [3.63, 3.8) is 0 Å². The summed E-state index contributed by atoms with van der Waals surface area (Å²) >= 11 is 0. The third kappa shape index (κ3) is 2.47. The molecule has 1 amide bonds. The molecule has 0 N–H and O–H groups in total. The van der Waals surface area contributed by atoms with Crippen molar-refractivity contribution in [1.82, 2.24) is 24.9 Å². The molecule has 2 atom stereocenters. The topological polar surface area (TPSA) is 77.1 Å². The van der Waals surface area contributed by atoms with Gasteiger partial charge in [-0.15, -0.1) is 10.2 Å². The number of likely N-dealkylation sites (tertiary alicyclic amines) is 1. The molecule has 1 saturated heterocycles. The van der Waals surface area contributed by atoms with Gasteiger partial charge >= 0.3 is 0 Å². The number of aryl methyl sites for hydroxylation is 2. The van der Waals surface area contributed by atoms with Crippen LogP contribution in [0, 0.1) is 12.8 Å². The highest BCUT2D eigenvalue weighted by Crippen LogP contribution is 2.51. The third-order valence-electron chi connectivity index (χ3n) is 6.47. The highest BCUT2D eigenvalue weighted by molar-refractivity contribution is 5.79. The molecule has 7 nitrogen and oxygen atoms in total. The molecule has 5 rings (SSSR count).